The Labute approximate surface area is 147 Å². The molecule has 2 heterocycles. The van der Waals surface area contributed by atoms with Gasteiger partial charge in [0.2, 0.25) is 5.91 Å². The van der Waals surface area contributed by atoms with Crippen LogP contribution in [0.4, 0.5) is 5.69 Å². The van der Waals surface area contributed by atoms with Gasteiger partial charge in [-0.2, -0.15) is 10.4 Å². The van der Waals surface area contributed by atoms with Gasteiger partial charge in [-0.1, -0.05) is 12.1 Å². The third-order valence-electron chi connectivity index (χ3n) is 4.46. The highest BCUT2D eigenvalue weighted by molar-refractivity contribution is 5.76. The molecule has 1 aliphatic heterocycles. The number of anilines is 1. The van der Waals surface area contributed by atoms with Crippen LogP contribution in [0.15, 0.2) is 36.9 Å². The van der Waals surface area contributed by atoms with Crippen LogP contribution >= 0.6 is 0 Å². The van der Waals surface area contributed by atoms with E-state index in [-0.39, 0.29) is 5.91 Å². The molecule has 0 unspecified atom stereocenters. The third kappa shape index (κ3) is 4.35. The maximum absolute atomic E-state index is 12.5. The SMILES string of the molecule is N#Cc1ccccc1N1CCCN(C(=O)CCCn2cncn2)CC1. The molecule has 0 aliphatic carbocycles. The summed E-state index contributed by atoms with van der Waals surface area (Å²) in [4.78, 5) is 20.5. The van der Waals surface area contributed by atoms with Crippen LogP contribution in [-0.2, 0) is 11.3 Å². The highest BCUT2D eigenvalue weighted by Gasteiger charge is 2.20. The molecule has 1 aromatic carbocycles. The third-order valence-corrected chi connectivity index (χ3v) is 4.46. The fourth-order valence-electron chi connectivity index (χ4n) is 3.15. The Bertz CT molecular complexity index is 736. The standard InChI is InChI=1S/C18H22N6O/c19-13-16-5-1-2-6-17(16)22-8-4-9-23(12-11-22)18(25)7-3-10-24-15-20-14-21-24/h1-2,5-6,14-15H,3-4,7-12H2. The monoisotopic (exact) mass is 338 g/mol. The van der Waals surface area contributed by atoms with E-state index in [1.165, 1.54) is 6.33 Å². The van der Waals surface area contributed by atoms with Gasteiger partial charge < -0.3 is 9.80 Å². The zero-order valence-corrected chi connectivity index (χ0v) is 14.2. The average molecular weight is 338 g/mol. The van der Waals surface area contributed by atoms with Gasteiger partial charge in [-0.25, -0.2) is 4.98 Å². The molecule has 3 rings (SSSR count). The number of nitriles is 1. The lowest BCUT2D eigenvalue weighted by molar-refractivity contribution is -0.131. The van der Waals surface area contributed by atoms with Crippen molar-refractivity contribution in [1.82, 2.24) is 19.7 Å². The quantitative estimate of drug-likeness (QED) is 0.829. The predicted molar refractivity (Wildman–Crippen MR) is 93.8 cm³/mol. The Hall–Kier alpha value is -2.88. The molecule has 2 aromatic rings. The van der Waals surface area contributed by atoms with Gasteiger partial charge in [0, 0.05) is 39.1 Å². The van der Waals surface area contributed by atoms with Gasteiger partial charge in [0.25, 0.3) is 0 Å². The molecule has 0 N–H and O–H groups in total. The van der Waals surface area contributed by atoms with Crippen molar-refractivity contribution in [1.29, 1.82) is 5.26 Å². The molecule has 0 atom stereocenters. The van der Waals surface area contributed by atoms with Crippen LogP contribution in [-0.4, -0.2) is 51.8 Å². The number of aromatic nitrogens is 3. The van der Waals surface area contributed by atoms with Crippen LogP contribution in [0.25, 0.3) is 0 Å². The minimum atomic E-state index is 0.190. The topological polar surface area (TPSA) is 78.0 Å². The molecular formula is C18H22N6O. The molecule has 1 fully saturated rings. The zero-order chi connectivity index (χ0) is 17.5. The molecule has 25 heavy (non-hydrogen) atoms. The van der Waals surface area contributed by atoms with Gasteiger partial charge in [0.15, 0.2) is 0 Å². The summed E-state index contributed by atoms with van der Waals surface area (Å²) in [5.41, 5.74) is 1.65. The molecular weight excluding hydrogens is 316 g/mol. The van der Waals surface area contributed by atoms with E-state index in [0.29, 0.717) is 25.1 Å². The normalized spacial score (nSPS) is 14.8. The number of benzene rings is 1. The molecule has 0 bridgehead atoms. The number of amides is 1. The number of nitrogens with zero attached hydrogens (tertiary/aromatic N) is 6. The van der Waals surface area contributed by atoms with Gasteiger partial charge >= 0.3 is 0 Å². The van der Waals surface area contributed by atoms with Gasteiger partial charge in [0.05, 0.1) is 11.3 Å². The van der Waals surface area contributed by atoms with Crippen molar-refractivity contribution in [3.63, 3.8) is 0 Å². The fourth-order valence-corrected chi connectivity index (χ4v) is 3.15. The summed E-state index contributed by atoms with van der Waals surface area (Å²) in [6.07, 6.45) is 5.37. The fraction of sp³-hybridized carbons (Fsp3) is 0.444. The van der Waals surface area contributed by atoms with Gasteiger partial charge in [-0.3, -0.25) is 9.48 Å². The maximum atomic E-state index is 12.5. The Morgan fingerprint density at radius 2 is 2.08 bits per heavy atom. The van der Waals surface area contributed by atoms with Crippen LogP contribution < -0.4 is 4.90 Å². The van der Waals surface area contributed by atoms with E-state index in [9.17, 15) is 10.1 Å². The number of hydrogen-bond acceptors (Lipinski definition) is 5. The molecule has 7 heteroatoms. The van der Waals surface area contributed by atoms with Crippen LogP contribution in [0.3, 0.4) is 0 Å². The van der Waals surface area contributed by atoms with Crippen molar-refractivity contribution >= 4 is 11.6 Å². The van der Waals surface area contributed by atoms with Crippen molar-refractivity contribution in [2.45, 2.75) is 25.8 Å². The first-order valence-corrected chi connectivity index (χ1v) is 8.62. The predicted octanol–water partition coefficient (Wildman–Crippen LogP) is 1.67. The van der Waals surface area contributed by atoms with E-state index < -0.39 is 0 Å². The number of hydrogen-bond donors (Lipinski definition) is 0. The molecule has 1 amide bonds. The maximum Gasteiger partial charge on any atom is 0.222 e. The van der Waals surface area contributed by atoms with Crippen molar-refractivity contribution in [2.75, 3.05) is 31.1 Å². The lowest BCUT2D eigenvalue weighted by Crippen LogP contribution is -2.35. The highest BCUT2D eigenvalue weighted by atomic mass is 16.2. The van der Waals surface area contributed by atoms with Crippen molar-refractivity contribution in [3.8, 4) is 6.07 Å². The van der Waals surface area contributed by atoms with E-state index in [1.807, 2.05) is 29.2 Å². The van der Waals surface area contributed by atoms with Crippen molar-refractivity contribution < 1.29 is 4.79 Å². The molecule has 7 nitrogen and oxygen atoms in total. The second-order valence-corrected chi connectivity index (χ2v) is 6.11. The van der Waals surface area contributed by atoms with Crippen LogP contribution in [0.1, 0.15) is 24.8 Å². The first kappa shape index (κ1) is 17.0. The first-order valence-electron chi connectivity index (χ1n) is 8.62. The molecule has 1 saturated heterocycles. The second kappa shape index (κ2) is 8.29. The van der Waals surface area contributed by atoms with Crippen molar-refractivity contribution in [2.24, 2.45) is 0 Å². The van der Waals surface area contributed by atoms with Gasteiger partial charge in [0.1, 0.15) is 18.7 Å². The highest BCUT2D eigenvalue weighted by Crippen LogP contribution is 2.21. The average Bonchev–Trinajstić information content (AvgIpc) is 3.04. The van der Waals surface area contributed by atoms with E-state index in [4.69, 9.17) is 0 Å². The largest absolute Gasteiger partial charge is 0.369 e. The van der Waals surface area contributed by atoms with E-state index in [1.54, 1.807) is 11.0 Å². The molecule has 0 saturated carbocycles. The van der Waals surface area contributed by atoms with E-state index >= 15 is 0 Å². The summed E-state index contributed by atoms with van der Waals surface area (Å²) < 4.78 is 1.75. The Kier molecular flexibility index (Phi) is 5.62. The number of carbonyl (C=O) groups is 1. The Morgan fingerprint density at radius 1 is 1.20 bits per heavy atom. The molecule has 130 valence electrons. The minimum Gasteiger partial charge on any atom is -0.369 e. The summed E-state index contributed by atoms with van der Waals surface area (Å²) >= 11 is 0. The molecule has 0 radical (unpaired) electrons. The van der Waals surface area contributed by atoms with Crippen molar-refractivity contribution in [3.05, 3.63) is 42.5 Å². The number of rotatable bonds is 5. The van der Waals surface area contributed by atoms with Gasteiger partial charge in [-0.15, -0.1) is 0 Å². The zero-order valence-electron chi connectivity index (χ0n) is 14.2. The summed E-state index contributed by atoms with van der Waals surface area (Å²) in [7, 11) is 0. The van der Waals surface area contributed by atoms with Crippen LogP contribution in [0.5, 0.6) is 0 Å². The van der Waals surface area contributed by atoms with Gasteiger partial charge in [-0.05, 0) is 25.0 Å². The summed E-state index contributed by atoms with van der Waals surface area (Å²) in [5.74, 6) is 0.190. The number of aryl methyl sites for hydroxylation is 1. The molecule has 1 aliphatic rings. The van der Waals surface area contributed by atoms with E-state index in [0.717, 1.165) is 38.2 Å². The second-order valence-electron chi connectivity index (χ2n) is 6.11. The first-order chi connectivity index (χ1) is 12.3. The summed E-state index contributed by atoms with van der Waals surface area (Å²) in [5, 5.41) is 13.3. The summed E-state index contributed by atoms with van der Waals surface area (Å²) in [6, 6.07) is 9.91. The minimum absolute atomic E-state index is 0.190. The summed E-state index contributed by atoms with van der Waals surface area (Å²) in [6.45, 7) is 3.80. The smallest absolute Gasteiger partial charge is 0.222 e. The van der Waals surface area contributed by atoms with Crippen LogP contribution in [0, 0.1) is 11.3 Å². The number of carbonyl (C=O) groups excluding carboxylic acids is 1. The van der Waals surface area contributed by atoms with E-state index in [2.05, 4.69) is 21.1 Å². The number of para-hydroxylation sites is 1. The Morgan fingerprint density at radius 3 is 2.88 bits per heavy atom. The lowest BCUT2D eigenvalue weighted by atomic mass is 10.1. The molecule has 1 aromatic heterocycles. The Balaban J connectivity index is 1.52. The lowest BCUT2D eigenvalue weighted by Gasteiger charge is -2.24. The van der Waals surface area contributed by atoms with Crippen LogP contribution in [0.2, 0.25) is 0 Å². The molecule has 0 spiro atoms.